The Bertz CT molecular complexity index is 615. The Balaban J connectivity index is 2.42. The first-order chi connectivity index (χ1) is 9.47. The Morgan fingerprint density at radius 1 is 1.10 bits per heavy atom. The summed E-state index contributed by atoms with van der Waals surface area (Å²) in [7, 11) is 0. The highest BCUT2D eigenvalue weighted by Gasteiger charge is 2.15. The Labute approximate surface area is 119 Å². The van der Waals surface area contributed by atoms with E-state index in [0.717, 1.165) is 5.56 Å². The SMILES string of the molecule is Cc1ccc(OC(C)C)c(C(=O)c2ccc(N)cc2)c1. The zero-order valence-corrected chi connectivity index (χ0v) is 12.0. The van der Waals surface area contributed by atoms with Gasteiger partial charge in [0.25, 0.3) is 0 Å². The van der Waals surface area contributed by atoms with Crippen LogP contribution in [0, 0.1) is 6.92 Å². The average molecular weight is 269 g/mol. The molecule has 0 atom stereocenters. The quantitative estimate of drug-likeness (QED) is 0.681. The van der Waals surface area contributed by atoms with Crippen molar-refractivity contribution < 1.29 is 9.53 Å². The number of hydrogen-bond acceptors (Lipinski definition) is 3. The highest BCUT2D eigenvalue weighted by atomic mass is 16.5. The second kappa shape index (κ2) is 5.78. The summed E-state index contributed by atoms with van der Waals surface area (Å²) >= 11 is 0. The van der Waals surface area contributed by atoms with Gasteiger partial charge < -0.3 is 10.5 Å². The molecule has 2 aromatic carbocycles. The van der Waals surface area contributed by atoms with Crippen molar-refractivity contribution in [2.24, 2.45) is 0 Å². The van der Waals surface area contributed by atoms with E-state index in [1.807, 2.05) is 39.0 Å². The van der Waals surface area contributed by atoms with E-state index < -0.39 is 0 Å². The molecule has 3 nitrogen and oxygen atoms in total. The summed E-state index contributed by atoms with van der Waals surface area (Å²) in [5, 5.41) is 0. The van der Waals surface area contributed by atoms with E-state index in [0.29, 0.717) is 22.6 Å². The van der Waals surface area contributed by atoms with Crippen molar-refractivity contribution in [1.82, 2.24) is 0 Å². The Morgan fingerprint density at radius 3 is 2.35 bits per heavy atom. The number of ketones is 1. The number of nitrogens with two attached hydrogens (primary N) is 1. The van der Waals surface area contributed by atoms with Crippen LogP contribution in [0.25, 0.3) is 0 Å². The molecule has 2 aromatic rings. The van der Waals surface area contributed by atoms with Gasteiger partial charge in [0, 0.05) is 11.3 Å². The van der Waals surface area contributed by atoms with Crippen molar-refractivity contribution in [3.63, 3.8) is 0 Å². The van der Waals surface area contributed by atoms with Crippen LogP contribution in [0.2, 0.25) is 0 Å². The third-order valence-electron chi connectivity index (χ3n) is 2.92. The van der Waals surface area contributed by atoms with E-state index in [-0.39, 0.29) is 11.9 Å². The van der Waals surface area contributed by atoms with Crippen LogP contribution in [-0.2, 0) is 0 Å². The normalized spacial score (nSPS) is 10.6. The maximum Gasteiger partial charge on any atom is 0.196 e. The Kier molecular flexibility index (Phi) is 4.08. The van der Waals surface area contributed by atoms with E-state index in [2.05, 4.69) is 0 Å². The summed E-state index contributed by atoms with van der Waals surface area (Å²) in [6.07, 6.45) is 0.0238. The van der Waals surface area contributed by atoms with Gasteiger partial charge in [0.05, 0.1) is 11.7 Å². The first-order valence-electron chi connectivity index (χ1n) is 6.65. The molecule has 0 aliphatic heterocycles. The topological polar surface area (TPSA) is 52.3 Å². The minimum Gasteiger partial charge on any atom is -0.490 e. The lowest BCUT2D eigenvalue weighted by atomic mass is 10.0. The van der Waals surface area contributed by atoms with Gasteiger partial charge in [-0.2, -0.15) is 0 Å². The van der Waals surface area contributed by atoms with Gasteiger partial charge in [0.15, 0.2) is 5.78 Å². The molecule has 0 fully saturated rings. The van der Waals surface area contributed by atoms with Gasteiger partial charge in [0.2, 0.25) is 0 Å². The maximum atomic E-state index is 12.6. The molecule has 20 heavy (non-hydrogen) atoms. The second-order valence-electron chi connectivity index (χ2n) is 5.12. The number of carbonyl (C=O) groups excluding carboxylic acids is 1. The van der Waals surface area contributed by atoms with Crippen molar-refractivity contribution in [2.75, 3.05) is 5.73 Å². The summed E-state index contributed by atoms with van der Waals surface area (Å²) in [4.78, 5) is 12.6. The molecule has 0 spiro atoms. The molecule has 0 unspecified atom stereocenters. The third-order valence-corrected chi connectivity index (χ3v) is 2.92. The summed E-state index contributed by atoms with van der Waals surface area (Å²) in [6, 6.07) is 12.6. The molecule has 2 rings (SSSR count). The van der Waals surface area contributed by atoms with Crippen molar-refractivity contribution in [3.05, 3.63) is 59.2 Å². The van der Waals surface area contributed by atoms with Crippen LogP contribution in [0.15, 0.2) is 42.5 Å². The zero-order chi connectivity index (χ0) is 14.7. The number of carbonyl (C=O) groups is 1. The predicted octanol–water partition coefficient (Wildman–Crippen LogP) is 3.60. The first kappa shape index (κ1) is 14.1. The second-order valence-corrected chi connectivity index (χ2v) is 5.12. The molecular weight excluding hydrogens is 250 g/mol. The number of nitrogen functional groups attached to an aromatic ring is 1. The van der Waals surface area contributed by atoms with Gasteiger partial charge in [-0.25, -0.2) is 0 Å². The molecule has 0 radical (unpaired) electrons. The van der Waals surface area contributed by atoms with E-state index in [4.69, 9.17) is 10.5 Å². The van der Waals surface area contributed by atoms with Crippen molar-refractivity contribution in [2.45, 2.75) is 26.9 Å². The highest BCUT2D eigenvalue weighted by Crippen LogP contribution is 2.24. The number of anilines is 1. The fourth-order valence-corrected chi connectivity index (χ4v) is 1.97. The highest BCUT2D eigenvalue weighted by molar-refractivity contribution is 6.10. The van der Waals surface area contributed by atoms with E-state index >= 15 is 0 Å². The molecule has 0 amide bonds. The van der Waals surface area contributed by atoms with Crippen molar-refractivity contribution in [3.8, 4) is 5.75 Å². The molecule has 0 aromatic heterocycles. The maximum absolute atomic E-state index is 12.6. The molecule has 0 aliphatic carbocycles. The van der Waals surface area contributed by atoms with Crippen LogP contribution in [0.5, 0.6) is 5.75 Å². The van der Waals surface area contributed by atoms with E-state index in [1.54, 1.807) is 24.3 Å². The van der Waals surface area contributed by atoms with E-state index in [9.17, 15) is 4.79 Å². The summed E-state index contributed by atoms with van der Waals surface area (Å²) < 4.78 is 5.72. The predicted molar refractivity (Wildman–Crippen MR) is 81.2 cm³/mol. The molecule has 0 saturated carbocycles. The molecule has 104 valence electrons. The molecule has 0 aliphatic rings. The van der Waals surface area contributed by atoms with Crippen LogP contribution in [0.4, 0.5) is 5.69 Å². The molecule has 2 N–H and O–H groups in total. The summed E-state index contributed by atoms with van der Waals surface area (Å²) in [6.45, 7) is 5.84. The van der Waals surface area contributed by atoms with Gasteiger partial charge in [-0.15, -0.1) is 0 Å². The lowest BCUT2D eigenvalue weighted by molar-refractivity contribution is 0.103. The zero-order valence-electron chi connectivity index (χ0n) is 12.0. The van der Waals surface area contributed by atoms with Gasteiger partial charge in [-0.1, -0.05) is 11.6 Å². The minimum absolute atomic E-state index is 0.0238. The smallest absolute Gasteiger partial charge is 0.196 e. The van der Waals surface area contributed by atoms with Gasteiger partial charge in [-0.05, 0) is 57.2 Å². The number of benzene rings is 2. The number of aryl methyl sites for hydroxylation is 1. The summed E-state index contributed by atoms with van der Waals surface area (Å²) in [5.74, 6) is 0.566. The lowest BCUT2D eigenvalue weighted by Gasteiger charge is -2.14. The lowest BCUT2D eigenvalue weighted by Crippen LogP contribution is -2.11. The monoisotopic (exact) mass is 269 g/mol. The summed E-state index contributed by atoms with van der Waals surface area (Å²) in [5.41, 5.74) is 8.52. The van der Waals surface area contributed by atoms with Crippen LogP contribution in [-0.4, -0.2) is 11.9 Å². The average Bonchev–Trinajstić information content (AvgIpc) is 2.40. The van der Waals surface area contributed by atoms with Crippen LogP contribution in [0.1, 0.15) is 35.3 Å². The molecular formula is C17H19NO2. The fraction of sp³-hybridized carbons (Fsp3) is 0.235. The number of ether oxygens (including phenoxy) is 1. The van der Waals surface area contributed by atoms with Crippen LogP contribution < -0.4 is 10.5 Å². The Hall–Kier alpha value is -2.29. The first-order valence-corrected chi connectivity index (χ1v) is 6.65. The van der Waals surface area contributed by atoms with Crippen molar-refractivity contribution >= 4 is 11.5 Å². The molecule has 3 heteroatoms. The van der Waals surface area contributed by atoms with Gasteiger partial charge >= 0.3 is 0 Å². The van der Waals surface area contributed by atoms with Crippen LogP contribution >= 0.6 is 0 Å². The molecule has 0 bridgehead atoms. The van der Waals surface area contributed by atoms with Gasteiger partial charge in [0.1, 0.15) is 5.75 Å². The van der Waals surface area contributed by atoms with Crippen LogP contribution in [0.3, 0.4) is 0 Å². The largest absolute Gasteiger partial charge is 0.490 e. The number of rotatable bonds is 4. The fourth-order valence-electron chi connectivity index (χ4n) is 1.97. The minimum atomic E-state index is -0.0515. The van der Waals surface area contributed by atoms with Crippen molar-refractivity contribution in [1.29, 1.82) is 0 Å². The standard InChI is InChI=1S/C17H19NO2/c1-11(2)20-16-9-4-12(3)10-15(16)17(19)13-5-7-14(18)8-6-13/h4-11H,18H2,1-3H3. The van der Waals surface area contributed by atoms with Gasteiger partial charge in [-0.3, -0.25) is 4.79 Å². The Morgan fingerprint density at radius 2 is 1.75 bits per heavy atom. The molecule has 0 heterocycles. The third kappa shape index (κ3) is 3.18. The number of hydrogen-bond donors (Lipinski definition) is 1. The molecule has 0 saturated heterocycles. The van der Waals surface area contributed by atoms with E-state index in [1.165, 1.54) is 0 Å².